The average Bonchev–Trinajstić information content (AvgIpc) is 3.23. The third-order valence-electron chi connectivity index (χ3n) is 4.93. The molecular weight excluding hydrogens is 384 g/mol. The zero-order valence-electron chi connectivity index (χ0n) is 15.7. The number of imidazole rings is 1. The second kappa shape index (κ2) is 8.49. The Bertz CT molecular complexity index is 1070. The van der Waals surface area contributed by atoms with Gasteiger partial charge in [-0.05, 0) is 23.3 Å². The first-order valence-corrected chi connectivity index (χ1v) is 9.62. The molecule has 146 valence electrons. The molecule has 0 spiro atoms. The molecule has 0 radical (unpaired) electrons. The van der Waals surface area contributed by atoms with Crippen molar-refractivity contribution in [2.75, 3.05) is 0 Å². The van der Waals surface area contributed by atoms with Gasteiger partial charge in [-0.25, -0.2) is 4.98 Å². The van der Waals surface area contributed by atoms with Crippen molar-refractivity contribution in [1.29, 1.82) is 0 Å². The zero-order chi connectivity index (χ0) is 20.2. The molecule has 0 amide bonds. The highest BCUT2D eigenvalue weighted by molar-refractivity contribution is 6.09. The maximum Gasteiger partial charge on any atom is 0.157 e. The molecule has 0 saturated heterocycles. The van der Waals surface area contributed by atoms with E-state index in [1.807, 2.05) is 66.7 Å². The Balaban J connectivity index is 1.99. The van der Waals surface area contributed by atoms with Crippen molar-refractivity contribution in [2.45, 2.75) is 13.1 Å². The van der Waals surface area contributed by atoms with Crippen LogP contribution >= 0.6 is 11.9 Å². The number of rotatable bonds is 6. The SMILES string of the molecule is NCc1ccccc1-c1nc(-c2ccccc2OCl)[nH]c1-c1ccccc1CN. The summed E-state index contributed by atoms with van der Waals surface area (Å²) in [6.45, 7) is 0.835. The van der Waals surface area contributed by atoms with Gasteiger partial charge in [0.1, 0.15) is 17.7 Å². The average molecular weight is 405 g/mol. The standard InChI is InChI=1S/C23H21ClN4O/c24-29-20-12-6-5-11-19(20)23-27-21(17-9-3-1-7-15(17)13-25)22(28-23)18-10-4-2-8-16(18)14-26/h1-12H,13-14,25-26H2,(H,27,28). The van der Waals surface area contributed by atoms with E-state index in [9.17, 15) is 0 Å². The fourth-order valence-corrected chi connectivity index (χ4v) is 3.63. The lowest BCUT2D eigenvalue weighted by atomic mass is 9.97. The number of hydrogen-bond donors (Lipinski definition) is 3. The molecule has 0 fully saturated rings. The fourth-order valence-electron chi connectivity index (χ4n) is 3.49. The Morgan fingerprint density at radius 1 is 0.759 bits per heavy atom. The minimum absolute atomic E-state index is 0.414. The smallest absolute Gasteiger partial charge is 0.157 e. The van der Waals surface area contributed by atoms with Gasteiger partial charge in [0.05, 0.1) is 17.0 Å². The second-order valence-corrected chi connectivity index (χ2v) is 6.76. The minimum Gasteiger partial charge on any atom is -0.385 e. The number of hydrogen-bond acceptors (Lipinski definition) is 4. The molecule has 5 N–H and O–H groups in total. The van der Waals surface area contributed by atoms with Crippen LogP contribution in [-0.4, -0.2) is 9.97 Å². The Labute approximate surface area is 174 Å². The first-order chi connectivity index (χ1) is 14.3. The molecule has 0 unspecified atom stereocenters. The lowest BCUT2D eigenvalue weighted by molar-refractivity contribution is 0.621. The highest BCUT2D eigenvalue weighted by Crippen LogP contribution is 2.38. The van der Waals surface area contributed by atoms with Crippen molar-refractivity contribution in [3.05, 3.63) is 83.9 Å². The third kappa shape index (κ3) is 3.63. The van der Waals surface area contributed by atoms with Gasteiger partial charge in [0.2, 0.25) is 0 Å². The second-order valence-electron chi connectivity index (χ2n) is 6.60. The molecule has 0 saturated carbocycles. The van der Waals surface area contributed by atoms with Crippen molar-refractivity contribution in [3.63, 3.8) is 0 Å². The minimum atomic E-state index is 0.414. The molecule has 0 aliphatic carbocycles. The number of nitrogens with zero attached hydrogens (tertiary/aromatic N) is 1. The van der Waals surface area contributed by atoms with E-state index in [1.165, 1.54) is 0 Å². The van der Waals surface area contributed by atoms with Gasteiger partial charge < -0.3 is 20.7 Å². The van der Waals surface area contributed by atoms with E-state index < -0.39 is 0 Å². The van der Waals surface area contributed by atoms with Crippen molar-refractivity contribution >= 4 is 11.9 Å². The largest absolute Gasteiger partial charge is 0.385 e. The highest BCUT2D eigenvalue weighted by atomic mass is 35.5. The number of nitrogens with one attached hydrogen (secondary N) is 1. The molecule has 5 nitrogen and oxygen atoms in total. The van der Waals surface area contributed by atoms with Crippen LogP contribution < -0.4 is 15.8 Å². The van der Waals surface area contributed by atoms with Gasteiger partial charge >= 0.3 is 0 Å². The number of benzene rings is 3. The Hall–Kier alpha value is -3.12. The van der Waals surface area contributed by atoms with E-state index in [2.05, 4.69) is 4.98 Å². The van der Waals surface area contributed by atoms with Gasteiger partial charge in [-0.3, -0.25) is 0 Å². The molecular formula is C23H21ClN4O. The number of para-hydroxylation sites is 1. The normalized spacial score (nSPS) is 10.9. The van der Waals surface area contributed by atoms with Crippen LogP contribution in [0, 0.1) is 0 Å². The monoisotopic (exact) mass is 404 g/mol. The quantitative estimate of drug-likeness (QED) is 0.428. The molecule has 1 heterocycles. The maximum atomic E-state index is 6.00. The van der Waals surface area contributed by atoms with Crippen LogP contribution in [0.15, 0.2) is 72.8 Å². The van der Waals surface area contributed by atoms with Crippen LogP contribution in [0.3, 0.4) is 0 Å². The first-order valence-electron chi connectivity index (χ1n) is 9.31. The molecule has 0 bridgehead atoms. The van der Waals surface area contributed by atoms with E-state index in [4.69, 9.17) is 32.6 Å². The predicted molar refractivity (Wildman–Crippen MR) is 117 cm³/mol. The molecule has 1 aromatic heterocycles. The van der Waals surface area contributed by atoms with Crippen molar-refractivity contribution in [2.24, 2.45) is 11.5 Å². The summed E-state index contributed by atoms with van der Waals surface area (Å²) in [6.07, 6.45) is 0. The number of nitrogens with two attached hydrogens (primary N) is 2. The van der Waals surface area contributed by atoms with Crippen LogP contribution in [0.2, 0.25) is 0 Å². The lowest BCUT2D eigenvalue weighted by Crippen LogP contribution is -2.01. The van der Waals surface area contributed by atoms with Crippen LogP contribution in [0.1, 0.15) is 11.1 Å². The summed E-state index contributed by atoms with van der Waals surface area (Å²) in [7, 11) is 0. The summed E-state index contributed by atoms with van der Waals surface area (Å²) in [4.78, 5) is 8.40. The van der Waals surface area contributed by atoms with E-state index in [0.717, 1.165) is 39.2 Å². The molecule has 4 aromatic rings. The van der Waals surface area contributed by atoms with Gasteiger partial charge in [0, 0.05) is 24.2 Å². The van der Waals surface area contributed by atoms with Crippen LogP contribution in [-0.2, 0) is 13.1 Å². The number of halogens is 1. The molecule has 29 heavy (non-hydrogen) atoms. The summed E-state index contributed by atoms with van der Waals surface area (Å²) in [6, 6.07) is 23.5. The van der Waals surface area contributed by atoms with E-state index in [1.54, 1.807) is 6.07 Å². The summed E-state index contributed by atoms with van der Waals surface area (Å²) < 4.78 is 5.02. The summed E-state index contributed by atoms with van der Waals surface area (Å²) in [5, 5.41) is 0. The summed E-state index contributed by atoms with van der Waals surface area (Å²) in [5.41, 5.74) is 18.5. The van der Waals surface area contributed by atoms with Gasteiger partial charge in [-0.1, -0.05) is 60.7 Å². The Kier molecular flexibility index (Phi) is 5.62. The topological polar surface area (TPSA) is 90.0 Å². The van der Waals surface area contributed by atoms with Gasteiger partial charge in [-0.15, -0.1) is 0 Å². The fraction of sp³-hybridized carbons (Fsp3) is 0.0870. The van der Waals surface area contributed by atoms with Crippen molar-refractivity contribution < 1.29 is 4.29 Å². The summed E-state index contributed by atoms with van der Waals surface area (Å²) >= 11 is 5.68. The summed E-state index contributed by atoms with van der Waals surface area (Å²) in [5.74, 6) is 1.19. The molecule has 3 aromatic carbocycles. The maximum absolute atomic E-state index is 6.00. The third-order valence-corrected chi connectivity index (χ3v) is 5.09. The van der Waals surface area contributed by atoms with Gasteiger partial charge in [0.25, 0.3) is 0 Å². The Morgan fingerprint density at radius 2 is 1.31 bits per heavy atom. The highest BCUT2D eigenvalue weighted by Gasteiger charge is 2.20. The molecule has 6 heteroatoms. The lowest BCUT2D eigenvalue weighted by Gasteiger charge is -2.10. The molecule has 0 aliphatic rings. The van der Waals surface area contributed by atoms with Crippen molar-refractivity contribution in [1.82, 2.24) is 9.97 Å². The van der Waals surface area contributed by atoms with Gasteiger partial charge in [0.15, 0.2) is 5.75 Å². The van der Waals surface area contributed by atoms with Crippen LogP contribution in [0.5, 0.6) is 5.75 Å². The predicted octanol–water partition coefficient (Wildman–Crippen LogP) is 4.86. The van der Waals surface area contributed by atoms with E-state index >= 15 is 0 Å². The van der Waals surface area contributed by atoms with Crippen molar-refractivity contribution in [3.8, 4) is 39.7 Å². The molecule has 0 atom stereocenters. The van der Waals surface area contributed by atoms with E-state index in [0.29, 0.717) is 24.7 Å². The van der Waals surface area contributed by atoms with Crippen LogP contribution in [0.25, 0.3) is 33.9 Å². The molecule has 4 rings (SSSR count). The Morgan fingerprint density at radius 3 is 1.97 bits per heavy atom. The zero-order valence-corrected chi connectivity index (χ0v) is 16.5. The van der Waals surface area contributed by atoms with Crippen LogP contribution in [0.4, 0.5) is 0 Å². The number of H-pyrrole nitrogens is 1. The number of aromatic amines is 1. The molecule has 0 aliphatic heterocycles. The van der Waals surface area contributed by atoms with E-state index in [-0.39, 0.29) is 0 Å². The first kappa shape index (κ1) is 19.2. The number of aromatic nitrogens is 2. The van der Waals surface area contributed by atoms with Gasteiger partial charge in [-0.2, -0.15) is 0 Å².